The van der Waals surface area contributed by atoms with E-state index in [9.17, 15) is 0 Å². The highest BCUT2D eigenvalue weighted by Gasteiger charge is 2.44. The average molecular weight is 274 g/mol. The van der Waals surface area contributed by atoms with Crippen LogP contribution in [-0.2, 0) is 4.74 Å². The van der Waals surface area contributed by atoms with E-state index in [0.29, 0.717) is 12.0 Å². The molecule has 1 aromatic heterocycles. The zero-order chi connectivity index (χ0) is 14.0. The molecule has 3 nitrogen and oxygen atoms in total. The van der Waals surface area contributed by atoms with E-state index in [-0.39, 0.29) is 5.60 Å². The summed E-state index contributed by atoms with van der Waals surface area (Å²) in [6.45, 7) is 6.16. The fourth-order valence-electron chi connectivity index (χ4n) is 3.74. The van der Waals surface area contributed by atoms with Gasteiger partial charge in [0.25, 0.3) is 0 Å². The van der Waals surface area contributed by atoms with Gasteiger partial charge in [-0.2, -0.15) is 0 Å². The first kappa shape index (κ1) is 14.0. The minimum Gasteiger partial charge on any atom is -0.375 e. The monoisotopic (exact) mass is 274 g/mol. The Balaban J connectivity index is 1.79. The van der Waals surface area contributed by atoms with Gasteiger partial charge in [0.05, 0.1) is 17.3 Å². The number of ether oxygens (including phenoxy) is 1. The molecule has 2 unspecified atom stereocenters. The Bertz CT molecular complexity index is 456. The van der Waals surface area contributed by atoms with Crippen LogP contribution < -0.4 is 5.32 Å². The fourth-order valence-corrected chi connectivity index (χ4v) is 3.74. The summed E-state index contributed by atoms with van der Waals surface area (Å²) in [5.74, 6) is 0.651. The van der Waals surface area contributed by atoms with Gasteiger partial charge in [-0.25, -0.2) is 0 Å². The van der Waals surface area contributed by atoms with Gasteiger partial charge in [-0.15, -0.1) is 0 Å². The number of rotatable bonds is 4. The van der Waals surface area contributed by atoms with Crippen LogP contribution in [-0.4, -0.2) is 23.7 Å². The average Bonchev–Trinajstić information content (AvgIpc) is 2.43. The third-order valence-corrected chi connectivity index (χ3v) is 4.92. The van der Waals surface area contributed by atoms with Crippen LogP contribution in [0.4, 0.5) is 0 Å². The molecular formula is C17H26N2O. The van der Waals surface area contributed by atoms with Gasteiger partial charge >= 0.3 is 0 Å². The Morgan fingerprint density at radius 1 is 1.45 bits per heavy atom. The molecule has 1 aliphatic heterocycles. The van der Waals surface area contributed by atoms with Gasteiger partial charge in [0.15, 0.2) is 0 Å². The minimum absolute atomic E-state index is 0.209. The molecule has 2 atom stereocenters. The lowest BCUT2D eigenvalue weighted by Crippen LogP contribution is -2.48. The Labute approximate surface area is 122 Å². The van der Waals surface area contributed by atoms with Crippen molar-refractivity contribution in [3.05, 3.63) is 29.6 Å². The van der Waals surface area contributed by atoms with Crippen molar-refractivity contribution < 1.29 is 4.74 Å². The molecule has 1 aliphatic carbocycles. The standard InChI is InChI=1S/C17H26N2O/c1-3-18-16(15-7-4-6-13(2)19-15)14-8-11-20-17(12-14)9-5-10-17/h4,6-7,14,16,18H,3,5,8-12H2,1-2H3. The molecule has 1 aromatic rings. The van der Waals surface area contributed by atoms with E-state index in [1.54, 1.807) is 0 Å². The second-order valence-corrected chi connectivity index (χ2v) is 6.38. The van der Waals surface area contributed by atoms with E-state index in [1.807, 2.05) is 0 Å². The summed E-state index contributed by atoms with van der Waals surface area (Å²) in [7, 11) is 0. The lowest BCUT2D eigenvalue weighted by molar-refractivity contribution is -0.147. The summed E-state index contributed by atoms with van der Waals surface area (Å²) >= 11 is 0. The first-order valence-corrected chi connectivity index (χ1v) is 8.03. The molecule has 2 heterocycles. The molecule has 0 radical (unpaired) electrons. The molecule has 1 saturated heterocycles. The van der Waals surface area contributed by atoms with Gasteiger partial charge in [-0.1, -0.05) is 13.0 Å². The molecule has 0 amide bonds. The molecule has 0 bridgehead atoms. The summed E-state index contributed by atoms with van der Waals surface area (Å²) in [5.41, 5.74) is 2.52. The fraction of sp³-hybridized carbons (Fsp3) is 0.706. The maximum atomic E-state index is 6.07. The summed E-state index contributed by atoms with van der Waals surface area (Å²) in [4.78, 5) is 4.76. The van der Waals surface area contributed by atoms with Crippen LogP contribution >= 0.6 is 0 Å². The van der Waals surface area contributed by atoms with Crippen molar-refractivity contribution in [2.24, 2.45) is 5.92 Å². The number of pyridine rings is 1. The molecular weight excluding hydrogens is 248 g/mol. The Morgan fingerprint density at radius 2 is 2.30 bits per heavy atom. The SMILES string of the molecule is CCNC(c1cccc(C)n1)C1CCOC2(CCC2)C1. The summed E-state index contributed by atoms with van der Waals surface area (Å²) < 4.78 is 6.07. The number of hydrogen-bond acceptors (Lipinski definition) is 3. The summed E-state index contributed by atoms with van der Waals surface area (Å²) in [5, 5.41) is 3.66. The summed E-state index contributed by atoms with van der Waals surface area (Å²) in [6.07, 6.45) is 6.18. The van der Waals surface area contributed by atoms with E-state index >= 15 is 0 Å². The minimum atomic E-state index is 0.209. The highest BCUT2D eigenvalue weighted by atomic mass is 16.5. The van der Waals surface area contributed by atoms with Crippen molar-refractivity contribution in [2.45, 2.75) is 57.6 Å². The molecule has 20 heavy (non-hydrogen) atoms. The lowest BCUT2D eigenvalue weighted by atomic mass is 9.70. The number of nitrogens with zero attached hydrogens (tertiary/aromatic N) is 1. The molecule has 1 N–H and O–H groups in total. The molecule has 0 aromatic carbocycles. The van der Waals surface area contributed by atoms with E-state index < -0.39 is 0 Å². The van der Waals surface area contributed by atoms with E-state index in [4.69, 9.17) is 9.72 Å². The molecule has 2 aliphatic rings. The largest absolute Gasteiger partial charge is 0.375 e. The van der Waals surface area contributed by atoms with Crippen LogP contribution in [0.1, 0.15) is 56.5 Å². The Hall–Kier alpha value is -0.930. The van der Waals surface area contributed by atoms with Gasteiger partial charge < -0.3 is 10.1 Å². The zero-order valence-electron chi connectivity index (χ0n) is 12.7. The maximum Gasteiger partial charge on any atom is 0.0686 e. The molecule has 1 saturated carbocycles. The smallest absolute Gasteiger partial charge is 0.0686 e. The van der Waals surface area contributed by atoms with Crippen LogP contribution in [0.5, 0.6) is 0 Å². The second kappa shape index (κ2) is 5.82. The predicted molar refractivity (Wildman–Crippen MR) is 80.6 cm³/mol. The van der Waals surface area contributed by atoms with E-state index in [0.717, 1.165) is 25.3 Å². The van der Waals surface area contributed by atoms with Gasteiger partial charge in [-0.05, 0) is 63.6 Å². The third-order valence-electron chi connectivity index (χ3n) is 4.92. The first-order chi connectivity index (χ1) is 9.72. The highest BCUT2D eigenvalue weighted by molar-refractivity contribution is 5.15. The first-order valence-electron chi connectivity index (χ1n) is 8.03. The third kappa shape index (κ3) is 2.75. The van der Waals surface area contributed by atoms with Crippen LogP contribution in [0.25, 0.3) is 0 Å². The highest BCUT2D eigenvalue weighted by Crippen LogP contribution is 2.46. The van der Waals surface area contributed by atoms with Crippen molar-refractivity contribution >= 4 is 0 Å². The Morgan fingerprint density at radius 3 is 2.95 bits per heavy atom. The van der Waals surface area contributed by atoms with Gasteiger partial charge in [-0.3, -0.25) is 4.98 Å². The van der Waals surface area contributed by atoms with Crippen molar-refractivity contribution in [1.29, 1.82) is 0 Å². The lowest BCUT2D eigenvalue weighted by Gasteiger charge is -2.48. The van der Waals surface area contributed by atoms with Crippen molar-refractivity contribution in [3.63, 3.8) is 0 Å². The van der Waals surface area contributed by atoms with Gasteiger partial charge in [0.1, 0.15) is 0 Å². The summed E-state index contributed by atoms with van der Waals surface area (Å²) in [6, 6.07) is 6.74. The van der Waals surface area contributed by atoms with Crippen molar-refractivity contribution in [2.75, 3.05) is 13.2 Å². The number of hydrogen-bond donors (Lipinski definition) is 1. The van der Waals surface area contributed by atoms with Crippen molar-refractivity contribution in [1.82, 2.24) is 10.3 Å². The van der Waals surface area contributed by atoms with Gasteiger partial charge in [0.2, 0.25) is 0 Å². The molecule has 1 spiro atoms. The van der Waals surface area contributed by atoms with Crippen molar-refractivity contribution in [3.8, 4) is 0 Å². The molecule has 3 heteroatoms. The maximum absolute atomic E-state index is 6.07. The molecule has 110 valence electrons. The number of aromatic nitrogens is 1. The van der Waals surface area contributed by atoms with Crippen LogP contribution in [0.3, 0.4) is 0 Å². The zero-order valence-corrected chi connectivity index (χ0v) is 12.7. The van der Waals surface area contributed by atoms with Crippen LogP contribution in [0.15, 0.2) is 18.2 Å². The quantitative estimate of drug-likeness (QED) is 0.914. The van der Waals surface area contributed by atoms with Crippen LogP contribution in [0, 0.1) is 12.8 Å². The second-order valence-electron chi connectivity index (χ2n) is 6.38. The van der Waals surface area contributed by atoms with E-state index in [1.165, 1.54) is 31.4 Å². The van der Waals surface area contributed by atoms with Crippen LogP contribution in [0.2, 0.25) is 0 Å². The molecule has 3 rings (SSSR count). The normalized spacial score (nSPS) is 26.2. The molecule has 2 fully saturated rings. The Kier molecular flexibility index (Phi) is 4.08. The predicted octanol–water partition coefficient (Wildman–Crippen LogP) is 3.39. The van der Waals surface area contributed by atoms with E-state index in [2.05, 4.69) is 37.4 Å². The topological polar surface area (TPSA) is 34.2 Å². The van der Waals surface area contributed by atoms with Gasteiger partial charge in [0, 0.05) is 12.3 Å². The number of aryl methyl sites for hydroxylation is 1. The number of nitrogens with one attached hydrogen (secondary N) is 1.